The van der Waals surface area contributed by atoms with Crippen LogP contribution < -0.4 is 0 Å². The van der Waals surface area contributed by atoms with Gasteiger partial charge in [-0.3, -0.25) is 0 Å². The summed E-state index contributed by atoms with van der Waals surface area (Å²) in [5.41, 5.74) is 2.98. The molecule has 84 valence electrons. The lowest BCUT2D eigenvalue weighted by molar-refractivity contribution is 1.22. The molecule has 0 amide bonds. The van der Waals surface area contributed by atoms with E-state index in [2.05, 4.69) is 34.0 Å². The Hall–Kier alpha value is -1.52. The largest absolute Gasteiger partial charge is 0.231 e. The van der Waals surface area contributed by atoms with Crippen molar-refractivity contribution in [3.05, 3.63) is 41.3 Å². The van der Waals surface area contributed by atoms with Crippen molar-refractivity contribution in [2.45, 2.75) is 6.92 Å². The maximum atomic E-state index is 5.98. The van der Waals surface area contributed by atoms with E-state index >= 15 is 0 Å². The quantitative estimate of drug-likeness (QED) is 0.627. The van der Waals surface area contributed by atoms with Crippen LogP contribution in [0.5, 0.6) is 0 Å². The van der Waals surface area contributed by atoms with Crippen LogP contribution in [0.4, 0.5) is 0 Å². The van der Waals surface area contributed by atoms with E-state index in [-0.39, 0.29) is 0 Å². The number of nitrogens with zero attached hydrogens (tertiary/aromatic N) is 3. The fourth-order valence-electron chi connectivity index (χ4n) is 1.55. The molecule has 0 fully saturated rings. The lowest BCUT2D eigenvalue weighted by Crippen LogP contribution is -1.80. The standard InChI is InChI=1S/C12H8ClN3S/c1-7-2-4-8(5-3-7)11-16-9-10(13)14-6-15-12(9)17-11/h2-6H,1H3. The molecule has 0 aliphatic rings. The highest BCUT2D eigenvalue weighted by molar-refractivity contribution is 7.21. The number of halogens is 1. The number of benzene rings is 1. The second-order valence-electron chi connectivity index (χ2n) is 3.70. The summed E-state index contributed by atoms with van der Waals surface area (Å²) in [5.74, 6) is 0. The topological polar surface area (TPSA) is 38.7 Å². The molecule has 0 N–H and O–H groups in total. The fraction of sp³-hybridized carbons (Fsp3) is 0.0833. The van der Waals surface area contributed by atoms with Crippen molar-refractivity contribution in [1.82, 2.24) is 15.0 Å². The number of rotatable bonds is 1. The van der Waals surface area contributed by atoms with Gasteiger partial charge < -0.3 is 0 Å². The van der Waals surface area contributed by atoms with Crippen LogP contribution >= 0.6 is 22.9 Å². The molecule has 3 nitrogen and oxygen atoms in total. The van der Waals surface area contributed by atoms with Crippen molar-refractivity contribution in [2.24, 2.45) is 0 Å². The molecule has 0 saturated carbocycles. The van der Waals surface area contributed by atoms with E-state index < -0.39 is 0 Å². The SMILES string of the molecule is Cc1ccc(-c2nc3c(Cl)ncnc3s2)cc1. The third-order valence-corrected chi connectivity index (χ3v) is 3.74. The molecule has 0 bridgehead atoms. The molecule has 0 radical (unpaired) electrons. The molecule has 0 aliphatic heterocycles. The Kier molecular flexibility index (Phi) is 2.53. The second kappa shape index (κ2) is 4.05. The number of aryl methyl sites for hydroxylation is 1. The van der Waals surface area contributed by atoms with Gasteiger partial charge in [0, 0.05) is 5.56 Å². The third-order valence-electron chi connectivity index (χ3n) is 2.45. The summed E-state index contributed by atoms with van der Waals surface area (Å²) in [7, 11) is 0. The van der Waals surface area contributed by atoms with Gasteiger partial charge in [0.2, 0.25) is 0 Å². The van der Waals surface area contributed by atoms with Gasteiger partial charge in [0.15, 0.2) is 5.15 Å². The Balaban J connectivity index is 2.18. The molecular weight excluding hydrogens is 254 g/mol. The lowest BCUT2D eigenvalue weighted by atomic mass is 10.2. The van der Waals surface area contributed by atoms with Crippen LogP contribution in [-0.2, 0) is 0 Å². The minimum absolute atomic E-state index is 0.407. The van der Waals surface area contributed by atoms with Gasteiger partial charge in [-0.2, -0.15) is 0 Å². The first-order valence-electron chi connectivity index (χ1n) is 5.08. The highest BCUT2D eigenvalue weighted by Gasteiger charge is 2.10. The molecule has 0 aliphatic carbocycles. The third kappa shape index (κ3) is 1.90. The molecule has 5 heteroatoms. The number of hydrogen-bond donors (Lipinski definition) is 0. The van der Waals surface area contributed by atoms with E-state index in [0.717, 1.165) is 15.4 Å². The van der Waals surface area contributed by atoms with E-state index in [1.54, 1.807) is 0 Å². The molecule has 17 heavy (non-hydrogen) atoms. The Labute approximate surface area is 107 Å². The first-order valence-corrected chi connectivity index (χ1v) is 6.27. The molecule has 3 rings (SSSR count). The summed E-state index contributed by atoms with van der Waals surface area (Å²) in [6.45, 7) is 2.06. The minimum Gasteiger partial charge on any atom is -0.231 e. The maximum absolute atomic E-state index is 5.98. The summed E-state index contributed by atoms with van der Waals surface area (Å²) >= 11 is 7.50. The molecule has 0 atom stereocenters. The Morgan fingerprint density at radius 2 is 1.88 bits per heavy atom. The van der Waals surface area contributed by atoms with Crippen LogP contribution in [0.2, 0.25) is 5.15 Å². The van der Waals surface area contributed by atoms with Crippen LogP contribution in [0.3, 0.4) is 0 Å². The van der Waals surface area contributed by atoms with E-state index in [0.29, 0.717) is 10.7 Å². The van der Waals surface area contributed by atoms with Crippen molar-refractivity contribution in [1.29, 1.82) is 0 Å². The summed E-state index contributed by atoms with van der Waals surface area (Å²) < 4.78 is 0. The van der Waals surface area contributed by atoms with E-state index in [1.807, 2.05) is 12.1 Å². The first-order chi connectivity index (χ1) is 8.24. The highest BCUT2D eigenvalue weighted by atomic mass is 35.5. The van der Waals surface area contributed by atoms with Gasteiger partial charge in [0.05, 0.1) is 0 Å². The number of hydrogen-bond acceptors (Lipinski definition) is 4. The smallest absolute Gasteiger partial charge is 0.159 e. The molecule has 3 aromatic rings. The summed E-state index contributed by atoms with van der Waals surface area (Å²) in [5, 5.41) is 1.33. The van der Waals surface area contributed by atoms with Gasteiger partial charge in [-0.25, -0.2) is 15.0 Å². The molecule has 0 saturated heterocycles. The Morgan fingerprint density at radius 3 is 2.59 bits per heavy atom. The molecule has 1 aromatic carbocycles. The fourth-order valence-corrected chi connectivity index (χ4v) is 2.69. The number of fused-ring (bicyclic) bond motifs is 1. The minimum atomic E-state index is 0.407. The van der Waals surface area contributed by atoms with Gasteiger partial charge in [-0.05, 0) is 6.92 Å². The summed E-state index contributed by atoms with van der Waals surface area (Å²) in [4.78, 5) is 13.4. The zero-order valence-electron chi connectivity index (χ0n) is 9.01. The zero-order valence-corrected chi connectivity index (χ0v) is 10.6. The lowest BCUT2D eigenvalue weighted by Gasteiger charge is -1.95. The maximum Gasteiger partial charge on any atom is 0.159 e. The van der Waals surface area contributed by atoms with Crippen molar-refractivity contribution < 1.29 is 0 Å². The number of thiazole rings is 1. The average molecular weight is 262 g/mol. The molecule has 2 aromatic heterocycles. The zero-order chi connectivity index (χ0) is 11.8. The van der Waals surface area contributed by atoms with E-state index in [1.165, 1.54) is 23.2 Å². The van der Waals surface area contributed by atoms with E-state index in [4.69, 9.17) is 11.6 Å². The highest BCUT2D eigenvalue weighted by Crippen LogP contribution is 2.31. The Morgan fingerprint density at radius 1 is 1.12 bits per heavy atom. The normalized spacial score (nSPS) is 10.9. The van der Waals surface area contributed by atoms with Gasteiger partial charge in [-0.15, -0.1) is 0 Å². The first kappa shape index (κ1) is 10.6. The van der Waals surface area contributed by atoms with Gasteiger partial charge in [-0.1, -0.05) is 52.8 Å². The van der Waals surface area contributed by atoms with Gasteiger partial charge in [0.25, 0.3) is 0 Å². The van der Waals surface area contributed by atoms with Crippen LogP contribution in [-0.4, -0.2) is 15.0 Å². The van der Waals surface area contributed by atoms with Crippen LogP contribution in [0, 0.1) is 6.92 Å². The second-order valence-corrected chi connectivity index (χ2v) is 5.04. The van der Waals surface area contributed by atoms with Crippen molar-refractivity contribution in [3.63, 3.8) is 0 Å². The van der Waals surface area contributed by atoms with Gasteiger partial charge >= 0.3 is 0 Å². The molecule has 0 unspecified atom stereocenters. The van der Waals surface area contributed by atoms with E-state index in [9.17, 15) is 0 Å². The monoisotopic (exact) mass is 261 g/mol. The van der Waals surface area contributed by atoms with Crippen molar-refractivity contribution in [3.8, 4) is 10.6 Å². The summed E-state index contributed by atoms with van der Waals surface area (Å²) in [6.07, 6.45) is 1.46. The van der Waals surface area contributed by atoms with Crippen molar-refractivity contribution in [2.75, 3.05) is 0 Å². The molecule has 2 heterocycles. The average Bonchev–Trinajstić information content (AvgIpc) is 2.75. The molecular formula is C12H8ClN3S. The summed E-state index contributed by atoms with van der Waals surface area (Å²) in [6, 6.07) is 8.23. The Bertz CT molecular complexity index is 676. The molecule has 0 spiro atoms. The van der Waals surface area contributed by atoms with Crippen LogP contribution in [0.1, 0.15) is 5.56 Å². The van der Waals surface area contributed by atoms with Crippen molar-refractivity contribution >= 4 is 33.3 Å². The predicted octanol–water partition coefficient (Wildman–Crippen LogP) is 3.72. The van der Waals surface area contributed by atoms with Crippen LogP contribution in [0.15, 0.2) is 30.6 Å². The van der Waals surface area contributed by atoms with Gasteiger partial charge in [0.1, 0.15) is 21.7 Å². The van der Waals surface area contributed by atoms with Crippen LogP contribution in [0.25, 0.3) is 20.9 Å². The number of aromatic nitrogens is 3. The predicted molar refractivity (Wildman–Crippen MR) is 70.4 cm³/mol.